The number of aromatic nitrogens is 2. The molecule has 0 unspecified atom stereocenters. The maximum Gasteiger partial charge on any atom is 0.263 e. The molecule has 0 N–H and O–H groups in total. The Bertz CT molecular complexity index is 1150. The van der Waals surface area contributed by atoms with Crippen LogP contribution in [0.1, 0.15) is 19.2 Å². The van der Waals surface area contributed by atoms with Crippen LogP contribution in [0.25, 0.3) is 11.4 Å². The highest BCUT2D eigenvalue weighted by Gasteiger charge is 2.24. The molecule has 9 nitrogen and oxygen atoms in total. The van der Waals surface area contributed by atoms with Crippen molar-refractivity contribution in [3.8, 4) is 17.1 Å². The van der Waals surface area contributed by atoms with Crippen molar-refractivity contribution >= 4 is 21.6 Å². The zero-order valence-corrected chi connectivity index (χ0v) is 19.2. The van der Waals surface area contributed by atoms with Gasteiger partial charge in [0.2, 0.25) is 21.7 Å². The molecule has 0 bridgehead atoms. The topological polar surface area (TPSA) is 106 Å². The lowest BCUT2D eigenvalue weighted by molar-refractivity contribution is -0.138. The van der Waals surface area contributed by atoms with Gasteiger partial charge in [0.15, 0.2) is 6.10 Å². The van der Waals surface area contributed by atoms with Gasteiger partial charge in [-0.3, -0.25) is 9.10 Å². The molecule has 1 atom stereocenters. The minimum absolute atomic E-state index is 0.149. The first kappa shape index (κ1) is 23.3. The number of hydrogen-bond acceptors (Lipinski definition) is 7. The van der Waals surface area contributed by atoms with Gasteiger partial charge >= 0.3 is 0 Å². The summed E-state index contributed by atoms with van der Waals surface area (Å²) in [5, 5.41) is 3.97. The molecule has 3 aromatic rings. The lowest BCUT2D eigenvalue weighted by Crippen LogP contribution is -2.39. The summed E-state index contributed by atoms with van der Waals surface area (Å²) in [5.41, 5.74) is 1.33. The minimum atomic E-state index is -3.36. The zero-order chi connectivity index (χ0) is 23.3. The fraction of sp³-hybridized carbons (Fsp3) is 0.318. The first-order valence-electron chi connectivity index (χ1n) is 10.0. The van der Waals surface area contributed by atoms with Crippen LogP contribution in [-0.4, -0.2) is 55.8 Å². The van der Waals surface area contributed by atoms with Crippen LogP contribution in [0.2, 0.25) is 0 Å². The molecule has 32 heavy (non-hydrogen) atoms. The fourth-order valence-corrected chi connectivity index (χ4v) is 3.45. The number of carbonyl (C=O) groups excluding carboxylic acids is 1. The molecule has 1 amide bonds. The van der Waals surface area contributed by atoms with E-state index in [4.69, 9.17) is 9.26 Å². The van der Waals surface area contributed by atoms with Gasteiger partial charge in [-0.2, -0.15) is 4.98 Å². The molecule has 3 rings (SSSR count). The lowest BCUT2D eigenvalue weighted by atomic mass is 10.2. The third kappa shape index (κ3) is 5.64. The van der Waals surface area contributed by atoms with Gasteiger partial charge in [-0.25, -0.2) is 8.42 Å². The molecule has 2 aromatic carbocycles. The van der Waals surface area contributed by atoms with Crippen LogP contribution in [-0.2, 0) is 21.4 Å². The van der Waals surface area contributed by atoms with Crippen molar-refractivity contribution in [2.45, 2.75) is 26.0 Å². The van der Waals surface area contributed by atoms with Gasteiger partial charge < -0.3 is 14.2 Å². The van der Waals surface area contributed by atoms with E-state index in [1.807, 2.05) is 37.3 Å². The Hall–Kier alpha value is -3.40. The highest BCUT2D eigenvalue weighted by atomic mass is 32.2. The van der Waals surface area contributed by atoms with Crippen molar-refractivity contribution in [1.82, 2.24) is 15.0 Å². The number of anilines is 1. The summed E-state index contributed by atoms with van der Waals surface area (Å²) in [6.07, 6.45) is 0.869. The van der Waals surface area contributed by atoms with Crippen LogP contribution in [0.5, 0.6) is 5.75 Å². The Morgan fingerprint density at radius 3 is 2.34 bits per heavy atom. The molecule has 0 aliphatic heterocycles. The number of ether oxygens (including phenoxy) is 1. The van der Waals surface area contributed by atoms with Gasteiger partial charge in [-0.15, -0.1) is 0 Å². The van der Waals surface area contributed by atoms with Crippen LogP contribution >= 0.6 is 0 Å². The Morgan fingerprint density at radius 2 is 1.75 bits per heavy atom. The predicted octanol–water partition coefficient (Wildman–Crippen LogP) is 2.95. The van der Waals surface area contributed by atoms with E-state index in [0.29, 0.717) is 29.6 Å². The van der Waals surface area contributed by atoms with E-state index in [1.165, 1.54) is 16.3 Å². The number of carbonyl (C=O) groups is 1. The van der Waals surface area contributed by atoms with Crippen LogP contribution in [0.3, 0.4) is 0 Å². The third-order valence-electron chi connectivity index (χ3n) is 4.87. The molecule has 10 heteroatoms. The fourth-order valence-electron chi connectivity index (χ4n) is 2.95. The van der Waals surface area contributed by atoms with Crippen molar-refractivity contribution in [3.05, 3.63) is 60.5 Å². The summed E-state index contributed by atoms with van der Waals surface area (Å²) in [6, 6.07) is 16.0. The molecule has 1 heterocycles. The number of hydrogen-bond donors (Lipinski definition) is 0. The van der Waals surface area contributed by atoms with E-state index < -0.39 is 16.1 Å². The highest BCUT2D eigenvalue weighted by molar-refractivity contribution is 7.92. The van der Waals surface area contributed by atoms with E-state index in [0.717, 1.165) is 11.8 Å². The normalized spacial score (nSPS) is 12.2. The lowest BCUT2D eigenvalue weighted by Gasteiger charge is -2.23. The van der Waals surface area contributed by atoms with Crippen molar-refractivity contribution in [3.63, 3.8) is 0 Å². The van der Waals surface area contributed by atoms with Gasteiger partial charge in [-0.1, -0.05) is 42.4 Å². The largest absolute Gasteiger partial charge is 0.481 e. The summed E-state index contributed by atoms with van der Waals surface area (Å²) in [5.74, 6) is 1.02. The smallest absolute Gasteiger partial charge is 0.263 e. The Morgan fingerprint density at radius 1 is 1.09 bits per heavy atom. The van der Waals surface area contributed by atoms with Crippen molar-refractivity contribution in [2.75, 3.05) is 24.7 Å². The monoisotopic (exact) mass is 458 g/mol. The van der Waals surface area contributed by atoms with Gasteiger partial charge in [0, 0.05) is 19.7 Å². The average molecular weight is 459 g/mol. The second-order valence-corrected chi connectivity index (χ2v) is 9.32. The SMILES string of the molecule is CC[C@H](Oc1ccc(N(C)S(C)(=O)=O)cc1)C(=O)N(C)Cc1nc(-c2ccccc2)no1. The van der Waals surface area contributed by atoms with Gasteiger partial charge in [0.25, 0.3) is 5.91 Å². The molecular weight excluding hydrogens is 432 g/mol. The Labute approximate surface area is 187 Å². The number of benzene rings is 2. The van der Waals surface area contributed by atoms with Crippen LogP contribution in [0, 0.1) is 0 Å². The van der Waals surface area contributed by atoms with E-state index in [-0.39, 0.29) is 12.5 Å². The molecule has 0 saturated heterocycles. The van der Waals surface area contributed by atoms with Crippen molar-refractivity contribution < 1.29 is 22.5 Å². The molecular formula is C22H26N4O5S. The van der Waals surface area contributed by atoms with E-state index in [2.05, 4.69) is 10.1 Å². The summed E-state index contributed by atoms with van der Waals surface area (Å²) < 4.78 is 35.6. The summed E-state index contributed by atoms with van der Waals surface area (Å²) in [7, 11) is -0.240. The number of sulfonamides is 1. The maximum absolute atomic E-state index is 12.9. The van der Waals surface area contributed by atoms with Gasteiger partial charge in [0.1, 0.15) is 5.75 Å². The van der Waals surface area contributed by atoms with Crippen molar-refractivity contribution in [1.29, 1.82) is 0 Å². The minimum Gasteiger partial charge on any atom is -0.481 e. The van der Waals surface area contributed by atoms with Gasteiger partial charge in [-0.05, 0) is 30.7 Å². The van der Waals surface area contributed by atoms with E-state index in [1.54, 1.807) is 31.3 Å². The zero-order valence-electron chi connectivity index (χ0n) is 18.4. The predicted molar refractivity (Wildman–Crippen MR) is 121 cm³/mol. The summed E-state index contributed by atoms with van der Waals surface area (Å²) in [4.78, 5) is 18.7. The Kier molecular flexibility index (Phi) is 7.14. The maximum atomic E-state index is 12.9. The van der Waals surface area contributed by atoms with Crippen LogP contribution in [0.4, 0.5) is 5.69 Å². The van der Waals surface area contributed by atoms with Crippen LogP contribution < -0.4 is 9.04 Å². The average Bonchev–Trinajstić information content (AvgIpc) is 3.25. The van der Waals surface area contributed by atoms with E-state index in [9.17, 15) is 13.2 Å². The van der Waals surface area contributed by atoms with Gasteiger partial charge in [0.05, 0.1) is 18.5 Å². The number of likely N-dealkylation sites (N-methyl/N-ethyl adjacent to an activating group) is 1. The second kappa shape index (κ2) is 9.82. The quantitative estimate of drug-likeness (QED) is 0.485. The third-order valence-corrected chi connectivity index (χ3v) is 6.08. The standard InChI is InChI=1S/C22H26N4O5S/c1-5-19(30-18-13-11-17(12-14-18)26(3)32(4,28)29)22(27)25(2)15-20-23-21(24-31-20)16-9-7-6-8-10-16/h6-14,19H,5,15H2,1-4H3/t19-/m0/s1. The first-order chi connectivity index (χ1) is 15.2. The molecule has 0 fully saturated rings. The van der Waals surface area contributed by atoms with Crippen LogP contribution in [0.15, 0.2) is 59.1 Å². The molecule has 0 aliphatic rings. The molecule has 0 saturated carbocycles. The molecule has 1 aromatic heterocycles. The summed E-state index contributed by atoms with van der Waals surface area (Å²) in [6.45, 7) is 2.00. The number of amides is 1. The number of rotatable bonds is 9. The highest BCUT2D eigenvalue weighted by Crippen LogP contribution is 2.22. The van der Waals surface area contributed by atoms with Crippen molar-refractivity contribution in [2.24, 2.45) is 0 Å². The van der Waals surface area contributed by atoms with E-state index >= 15 is 0 Å². The Balaban J connectivity index is 1.63. The molecule has 170 valence electrons. The molecule has 0 aliphatic carbocycles. The summed E-state index contributed by atoms with van der Waals surface area (Å²) >= 11 is 0. The molecule has 0 radical (unpaired) electrons. The number of nitrogens with zero attached hydrogens (tertiary/aromatic N) is 4. The second-order valence-electron chi connectivity index (χ2n) is 7.31. The first-order valence-corrected chi connectivity index (χ1v) is 11.9. The molecule has 0 spiro atoms.